The average molecular weight is 231 g/mol. The number of nitrogens with zero attached hydrogens (tertiary/aromatic N) is 2. The fourth-order valence-corrected chi connectivity index (χ4v) is 1.78. The number of benzene rings is 1. The van der Waals surface area contributed by atoms with E-state index in [4.69, 9.17) is 5.26 Å². The third kappa shape index (κ3) is 3.67. The van der Waals surface area contributed by atoms with E-state index in [1.165, 1.54) is 5.69 Å². The molecule has 3 nitrogen and oxygen atoms in total. The van der Waals surface area contributed by atoms with Gasteiger partial charge in [-0.25, -0.2) is 0 Å². The van der Waals surface area contributed by atoms with E-state index in [0.29, 0.717) is 0 Å². The third-order valence-electron chi connectivity index (χ3n) is 2.90. The van der Waals surface area contributed by atoms with Gasteiger partial charge in [-0.2, -0.15) is 5.26 Å². The number of nitriles is 1. The van der Waals surface area contributed by atoms with Crippen LogP contribution in [-0.4, -0.2) is 19.1 Å². The Morgan fingerprint density at radius 1 is 1.18 bits per heavy atom. The van der Waals surface area contributed by atoms with Gasteiger partial charge in [0, 0.05) is 24.5 Å². The van der Waals surface area contributed by atoms with Gasteiger partial charge in [0.15, 0.2) is 0 Å². The summed E-state index contributed by atoms with van der Waals surface area (Å²) in [7, 11) is 0. The molecule has 92 valence electrons. The summed E-state index contributed by atoms with van der Waals surface area (Å²) in [6, 6.07) is 10.4. The highest BCUT2D eigenvalue weighted by Crippen LogP contribution is 2.18. The number of rotatable bonds is 6. The van der Waals surface area contributed by atoms with Crippen LogP contribution >= 0.6 is 0 Å². The van der Waals surface area contributed by atoms with Gasteiger partial charge in [0.25, 0.3) is 0 Å². The molecule has 1 unspecified atom stereocenters. The van der Waals surface area contributed by atoms with E-state index < -0.39 is 0 Å². The minimum atomic E-state index is -0.102. The molecule has 0 aliphatic rings. The molecule has 1 rings (SSSR count). The average Bonchev–Trinajstić information content (AvgIpc) is 2.39. The van der Waals surface area contributed by atoms with Crippen molar-refractivity contribution in [1.29, 1.82) is 5.26 Å². The van der Waals surface area contributed by atoms with Crippen molar-refractivity contribution in [3.05, 3.63) is 24.3 Å². The second kappa shape index (κ2) is 6.80. The Balaban J connectivity index is 2.71. The van der Waals surface area contributed by atoms with Gasteiger partial charge in [-0.1, -0.05) is 6.92 Å². The van der Waals surface area contributed by atoms with Crippen molar-refractivity contribution in [3.8, 4) is 6.07 Å². The van der Waals surface area contributed by atoms with Crippen molar-refractivity contribution in [2.75, 3.05) is 23.3 Å². The van der Waals surface area contributed by atoms with Gasteiger partial charge in [-0.3, -0.25) is 0 Å². The molecule has 1 N–H and O–H groups in total. The minimum absolute atomic E-state index is 0.102. The van der Waals surface area contributed by atoms with E-state index in [-0.39, 0.29) is 6.04 Å². The van der Waals surface area contributed by atoms with Gasteiger partial charge in [-0.15, -0.1) is 0 Å². The molecule has 0 fully saturated rings. The monoisotopic (exact) mass is 231 g/mol. The zero-order valence-electron chi connectivity index (χ0n) is 10.9. The summed E-state index contributed by atoms with van der Waals surface area (Å²) in [5.74, 6) is 0. The minimum Gasteiger partial charge on any atom is -0.372 e. The first-order valence-electron chi connectivity index (χ1n) is 6.26. The number of hydrogen-bond donors (Lipinski definition) is 1. The van der Waals surface area contributed by atoms with E-state index in [0.717, 1.165) is 25.2 Å². The Kier molecular flexibility index (Phi) is 5.35. The third-order valence-corrected chi connectivity index (χ3v) is 2.90. The highest BCUT2D eigenvalue weighted by Gasteiger charge is 2.05. The van der Waals surface area contributed by atoms with Crippen LogP contribution < -0.4 is 10.2 Å². The molecule has 0 saturated carbocycles. The number of hydrogen-bond acceptors (Lipinski definition) is 3. The maximum atomic E-state index is 8.89. The molecule has 1 atom stereocenters. The van der Waals surface area contributed by atoms with E-state index in [9.17, 15) is 0 Å². The molecule has 0 aromatic heterocycles. The number of anilines is 2. The van der Waals surface area contributed by atoms with Crippen LogP contribution in [0.5, 0.6) is 0 Å². The zero-order chi connectivity index (χ0) is 12.7. The lowest BCUT2D eigenvalue weighted by atomic mass is 10.2. The summed E-state index contributed by atoms with van der Waals surface area (Å²) in [6.45, 7) is 8.33. The molecule has 0 aliphatic carbocycles. The van der Waals surface area contributed by atoms with Crippen molar-refractivity contribution in [3.63, 3.8) is 0 Å². The van der Waals surface area contributed by atoms with Crippen LogP contribution in [0.4, 0.5) is 11.4 Å². The molecular formula is C14H21N3. The van der Waals surface area contributed by atoms with Gasteiger partial charge in [0.1, 0.15) is 6.04 Å². The lowest BCUT2D eigenvalue weighted by molar-refractivity contribution is 0.844. The molecule has 0 radical (unpaired) electrons. The molecule has 1 aromatic rings. The molecule has 0 heterocycles. The van der Waals surface area contributed by atoms with Crippen LogP contribution in [0.3, 0.4) is 0 Å². The highest BCUT2D eigenvalue weighted by molar-refractivity contribution is 5.55. The molecule has 0 saturated heterocycles. The lowest BCUT2D eigenvalue weighted by Crippen LogP contribution is -2.21. The number of nitrogens with one attached hydrogen (secondary N) is 1. The van der Waals surface area contributed by atoms with Crippen molar-refractivity contribution in [2.24, 2.45) is 0 Å². The summed E-state index contributed by atoms with van der Waals surface area (Å²) in [4.78, 5) is 2.30. The Hall–Kier alpha value is -1.69. The van der Waals surface area contributed by atoms with Gasteiger partial charge in [0.2, 0.25) is 0 Å². The van der Waals surface area contributed by atoms with Gasteiger partial charge in [-0.05, 0) is 44.5 Å². The fraction of sp³-hybridized carbons (Fsp3) is 0.500. The maximum absolute atomic E-state index is 8.89. The molecule has 0 amide bonds. The second-order valence-electron chi connectivity index (χ2n) is 3.95. The van der Waals surface area contributed by atoms with Crippen LogP contribution in [0.25, 0.3) is 0 Å². The first kappa shape index (κ1) is 13.4. The van der Waals surface area contributed by atoms with Crippen molar-refractivity contribution >= 4 is 11.4 Å². The fourth-order valence-electron chi connectivity index (χ4n) is 1.78. The normalized spacial score (nSPS) is 11.6. The summed E-state index contributed by atoms with van der Waals surface area (Å²) in [5.41, 5.74) is 2.24. The van der Waals surface area contributed by atoms with E-state index in [2.05, 4.69) is 42.3 Å². The maximum Gasteiger partial charge on any atom is 0.114 e. The first-order valence-corrected chi connectivity index (χ1v) is 6.26. The van der Waals surface area contributed by atoms with E-state index >= 15 is 0 Å². The van der Waals surface area contributed by atoms with Gasteiger partial charge in [0.05, 0.1) is 6.07 Å². The molecule has 0 bridgehead atoms. The first-order chi connectivity index (χ1) is 8.24. The molecule has 17 heavy (non-hydrogen) atoms. The lowest BCUT2D eigenvalue weighted by Gasteiger charge is -2.21. The molecule has 0 spiro atoms. The topological polar surface area (TPSA) is 39.1 Å². The molecular weight excluding hydrogens is 210 g/mol. The van der Waals surface area contributed by atoms with Crippen molar-refractivity contribution in [1.82, 2.24) is 0 Å². The Bertz CT molecular complexity index is 360. The Morgan fingerprint density at radius 3 is 2.18 bits per heavy atom. The smallest absolute Gasteiger partial charge is 0.114 e. The molecule has 0 aliphatic heterocycles. The van der Waals surface area contributed by atoms with Crippen LogP contribution in [0.2, 0.25) is 0 Å². The standard InChI is InChI=1S/C14H21N3/c1-4-12(11-15)16-13-7-9-14(10-8-13)17(5-2)6-3/h7-10,12,16H,4-6H2,1-3H3. The van der Waals surface area contributed by atoms with Crippen LogP contribution in [0, 0.1) is 11.3 Å². The molecule has 3 heteroatoms. The Morgan fingerprint density at radius 2 is 1.76 bits per heavy atom. The molecule has 1 aromatic carbocycles. The van der Waals surface area contributed by atoms with Crippen molar-refractivity contribution in [2.45, 2.75) is 33.2 Å². The predicted octanol–water partition coefficient (Wildman–Crippen LogP) is 3.25. The quantitative estimate of drug-likeness (QED) is 0.817. The summed E-state index contributed by atoms with van der Waals surface area (Å²) >= 11 is 0. The summed E-state index contributed by atoms with van der Waals surface area (Å²) in [6.07, 6.45) is 0.814. The van der Waals surface area contributed by atoms with Crippen LogP contribution in [0.15, 0.2) is 24.3 Å². The van der Waals surface area contributed by atoms with Crippen molar-refractivity contribution < 1.29 is 0 Å². The SMILES string of the molecule is CCC(C#N)Nc1ccc(N(CC)CC)cc1. The van der Waals surface area contributed by atoms with Crippen LogP contribution in [-0.2, 0) is 0 Å². The largest absolute Gasteiger partial charge is 0.372 e. The Labute approximate surface area is 104 Å². The second-order valence-corrected chi connectivity index (χ2v) is 3.95. The summed E-state index contributed by atoms with van der Waals surface area (Å²) < 4.78 is 0. The van der Waals surface area contributed by atoms with E-state index in [1.807, 2.05) is 19.1 Å². The summed E-state index contributed by atoms with van der Waals surface area (Å²) in [5, 5.41) is 12.1. The zero-order valence-corrected chi connectivity index (χ0v) is 10.9. The van der Waals surface area contributed by atoms with Gasteiger partial charge < -0.3 is 10.2 Å². The predicted molar refractivity (Wildman–Crippen MR) is 73.3 cm³/mol. The van der Waals surface area contributed by atoms with Crippen LogP contribution in [0.1, 0.15) is 27.2 Å². The highest BCUT2D eigenvalue weighted by atomic mass is 15.1. The van der Waals surface area contributed by atoms with Gasteiger partial charge >= 0.3 is 0 Å². The van der Waals surface area contributed by atoms with E-state index in [1.54, 1.807) is 0 Å².